The van der Waals surface area contributed by atoms with Crippen LogP contribution in [0.25, 0.3) is 0 Å². The second kappa shape index (κ2) is 12.4. The number of aryl methyl sites for hydroxylation is 1. The smallest absolute Gasteiger partial charge is 0.264 e. The molecule has 1 atom stereocenters. The normalized spacial score (nSPS) is 12.0. The molecule has 7 nitrogen and oxygen atoms in total. The van der Waals surface area contributed by atoms with Crippen molar-refractivity contribution in [3.05, 3.63) is 94.0 Å². The van der Waals surface area contributed by atoms with Crippen molar-refractivity contribution in [3.8, 4) is 0 Å². The number of carbonyl (C=O) groups is 2. The van der Waals surface area contributed by atoms with Crippen LogP contribution in [0, 0.1) is 6.92 Å². The molecule has 0 aliphatic carbocycles. The number of nitrogens with zero attached hydrogens (tertiary/aromatic N) is 2. The molecule has 0 radical (unpaired) electrons. The van der Waals surface area contributed by atoms with E-state index in [1.165, 1.54) is 35.2 Å². The molecule has 0 saturated heterocycles. The van der Waals surface area contributed by atoms with E-state index in [-0.39, 0.29) is 33.1 Å². The summed E-state index contributed by atoms with van der Waals surface area (Å²) in [4.78, 5) is 27.8. The quantitative estimate of drug-likeness (QED) is 0.375. The first-order valence-electron chi connectivity index (χ1n) is 11.7. The fourth-order valence-electron chi connectivity index (χ4n) is 3.71. The van der Waals surface area contributed by atoms with Gasteiger partial charge in [0.05, 0.1) is 15.6 Å². The summed E-state index contributed by atoms with van der Waals surface area (Å²) in [6.07, 6.45) is 0. The SMILES string of the molecule is CCNC(=O)[C@H](C)N(Cc1ccccc1)C(=O)CN(c1cc(Cl)ccc1Cl)S(=O)(=O)c1ccc(C)cc1. The number of anilines is 1. The molecule has 196 valence electrons. The molecular weight excluding hydrogens is 533 g/mol. The van der Waals surface area contributed by atoms with Crippen molar-refractivity contribution in [1.82, 2.24) is 10.2 Å². The van der Waals surface area contributed by atoms with Crippen LogP contribution in [-0.2, 0) is 26.2 Å². The molecule has 2 amide bonds. The van der Waals surface area contributed by atoms with Crippen LogP contribution in [0.15, 0.2) is 77.7 Å². The first-order chi connectivity index (χ1) is 17.5. The molecule has 0 aliphatic heterocycles. The maximum absolute atomic E-state index is 13.8. The first kappa shape index (κ1) is 28.5. The molecule has 0 heterocycles. The average Bonchev–Trinajstić information content (AvgIpc) is 2.87. The zero-order valence-electron chi connectivity index (χ0n) is 20.8. The summed E-state index contributed by atoms with van der Waals surface area (Å²) >= 11 is 12.6. The van der Waals surface area contributed by atoms with Crippen LogP contribution < -0.4 is 9.62 Å². The molecule has 3 rings (SSSR count). The van der Waals surface area contributed by atoms with Crippen LogP contribution in [0.3, 0.4) is 0 Å². The van der Waals surface area contributed by atoms with Crippen LogP contribution >= 0.6 is 23.2 Å². The molecule has 3 aromatic carbocycles. The van der Waals surface area contributed by atoms with Crippen molar-refractivity contribution in [2.45, 2.75) is 38.3 Å². The summed E-state index contributed by atoms with van der Waals surface area (Å²) < 4.78 is 28.5. The molecule has 0 saturated carbocycles. The van der Waals surface area contributed by atoms with E-state index in [2.05, 4.69) is 5.32 Å². The Labute approximate surface area is 228 Å². The topological polar surface area (TPSA) is 86.8 Å². The molecule has 1 N–H and O–H groups in total. The molecule has 0 bridgehead atoms. The minimum atomic E-state index is -4.23. The van der Waals surface area contributed by atoms with Gasteiger partial charge in [0.15, 0.2) is 0 Å². The molecule has 0 aliphatic rings. The molecule has 37 heavy (non-hydrogen) atoms. The van der Waals surface area contributed by atoms with E-state index in [0.717, 1.165) is 15.4 Å². The molecular formula is C27H29Cl2N3O4S. The van der Waals surface area contributed by atoms with Crippen LogP contribution in [-0.4, -0.2) is 44.3 Å². The Morgan fingerprint density at radius 3 is 2.24 bits per heavy atom. The Morgan fingerprint density at radius 1 is 0.973 bits per heavy atom. The lowest BCUT2D eigenvalue weighted by molar-refractivity contribution is -0.139. The van der Waals surface area contributed by atoms with E-state index in [9.17, 15) is 18.0 Å². The van der Waals surface area contributed by atoms with Crippen molar-refractivity contribution < 1.29 is 18.0 Å². The maximum Gasteiger partial charge on any atom is 0.264 e. The lowest BCUT2D eigenvalue weighted by atomic mass is 10.1. The highest BCUT2D eigenvalue weighted by Crippen LogP contribution is 2.33. The maximum atomic E-state index is 13.8. The van der Waals surface area contributed by atoms with Crippen LogP contribution in [0.2, 0.25) is 10.0 Å². The van der Waals surface area contributed by atoms with E-state index in [1.54, 1.807) is 26.0 Å². The van der Waals surface area contributed by atoms with Gasteiger partial charge in [-0.1, -0.05) is 71.2 Å². The number of rotatable bonds is 10. The van der Waals surface area contributed by atoms with Crippen molar-refractivity contribution in [1.29, 1.82) is 0 Å². The summed E-state index contributed by atoms with van der Waals surface area (Å²) in [5.41, 5.74) is 1.74. The van der Waals surface area contributed by atoms with Crippen molar-refractivity contribution in [3.63, 3.8) is 0 Å². The minimum absolute atomic E-state index is 0.00618. The zero-order chi connectivity index (χ0) is 27.2. The van der Waals surface area contributed by atoms with Gasteiger partial charge in [-0.05, 0) is 56.7 Å². The van der Waals surface area contributed by atoms with Gasteiger partial charge in [0.1, 0.15) is 12.6 Å². The fraction of sp³-hybridized carbons (Fsp3) is 0.259. The third-order valence-electron chi connectivity index (χ3n) is 5.78. The summed E-state index contributed by atoms with van der Waals surface area (Å²) in [5, 5.41) is 3.09. The van der Waals surface area contributed by atoms with Gasteiger partial charge in [0.25, 0.3) is 10.0 Å². The van der Waals surface area contributed by atoms with Gasteiger partial charge >= 0.3 is 0 Å². The van der Waals surface area contributed by atoms with Gasteiger partial charge in [-0.25, -0.2) is 8.42 Å². The number of benzene rings is 3. The van der Waals surface area contributed by atoms with Gasteiger partial charge in [0, 0.05) is 18.1 Å². The summed E-state index contributed by atoms with van der Waals surface area (Å²) in [6.45, 7) is 5.15. The van der Waals surface area contributed by atoms with Crippen LogP contribution in [0.1, 0.15) is 25.0 Å². The molecule has 0 unspecified atom stereocenters. The molecule has 3 aromatic rings. The predicted molar refractivity (Wildman–Crippen MR) is 147 cm³/mol. The van der Waals surface area contributed by atoms with Crippen molar-refractivity contribution in [2.24, 2.45) is 0 Å². The summed E-state index contributed by atoms with van der Waals surface area (Å²) in [5.74, 6) is -0.921. The van der Waals surface area contributed by atoms with E-state index >= 15 is 0 Å². The van der Waals surface area contributed by atoms with Gasteiger partial charge in [0.2, 0.25) is 11.8 Å². The van der Waals surface area contributed by atoms with E-state index < -0.39 is 28.5 Å². The highest BCUT2D eigenvalue weighted by Gasteiger charge is 2.33. The largest absolute Gasteiger partial charge is 0.355 e. The Bertz CT molecular complexity index is 1350. The summed E-state index contributed by atoms with van der Waals surface area (Å²) in [7, 11) is -4.23. The van der Waals surface area contributed by atoms with Crippen molar-refractivity contribution >= 4 is 50.7 Å². The summed E-state index contributed by atoms with van der Waals surface area (Å²) in [6, 6.07) is 19.0. The number of likely N-dealkylation sites (N-methyl/N-ethyl adjacent to an activating group) is 1. The van der Waals surface area contributed by atoms with Crippen LogP contribution in [0.4, 0.5) is 5.69 Å². The van der Waals surface area contributed by atoms with Gasteiger partial charge in [-0.2, -0.15) is 0 Å². The lowest BCUT2D eigenvalue weighted by Gasteiger charge is -2.32. The van der Waals surface area contributed by atoms with E-state index in [4.69, 9.17) is 23.2 Å². The Morgan fingerprint density at radius 2 is 1.62 bits per heavy atom. The molecule has 10 heteroatoms. The monoisotopic (exact) mass is 561 g/mol. The lowest BCUT2D eigenvalue weighted by Crippen LogP contribution is -2.51. The highest BCUT2D eigenvalue weighted by molar-refractivity contribution is 7.92. The van der Waals surface area contributed by atoms with Gasteiger partial charge in [-0.15, -0.1) is 0 Å². The Kier molecular flexibility index (Phi) is 9.59. The van der Waals surface area contributed by atoms with Crippen molar-refractivity contribution in [2.75, 3.05) is 17.4 Å². The number of carbonyl (C=O) groups excluding carboxylic acids is 2. The second-order valence-corrected chi connectivity index (χ2v) is 11.2. The third kappa shape index (κ3) is 7.03. The average molecular weight is 563 g/mol. The molecule has 0 aromatic heterocycles. The predicted octanol–water partition coefficient (Wildman–Crippen LogP) is 5.05. The Balaban J connectivity index is 2.06. The standard InChI is InChI=1S/C27H29Cl2N3O4S/c1-4-30-27(34)20(3)31(17-21-8-6-5-7-9-21)26(33)18-32(25-16-22(28)12-15-24(25)29)37(35,36)23-13-10-19(2)11-14-23/h5-16,20H,4,17-18H2,1-3H3,(H,30,34)/t20-/m0/s1. The number of hydrogen-bond donors (Lipinski definition) is 1. The van der Waals surface area contributed by atoms with E-state index in [0.29, 0.717) is 6.54 Å². The third-order valence-corrected chi connectivity index (χ3v) is 8.11. The fourth-order valence-corrected chi connectivity index (χ4v) is 5.57. The number of sulfonamides is 1. The van der Waals surface area contributed by atoms with Gasteiger partial charge in [-0.3, -0.25) is 13.9 Å². The number of halogens is 2. The molecule has 0 spiro atoms. The van der Waals surface area contributed by atoms with Crippen LogP contribution in [0.5, 0.6) is 0 Å². The minimum Gasteiger partial charge on any atom is -0.355 e. The zero-order valence-corrected chi connectivity index (χ0v) is 23.1. The Hall–Kier alpha value is -3.07. The van der Waals surface area contributed by atoms with E-state index in [1.807, 2.05) is 37.3 Å². The number of amides is 2. The first-order valence-corrected chi connectivity index (χ1v) is 13.9. The molecule has 0 fully saturated rings. The van der Waals surface area contributed by atoms with Gasteiger partial charge < -0.3 is 10.2 Å². The highest BCUT2D eigenvalue weighted by atomic mass is 35.5. The number of nitrogens with one attached hydrogen (secondary N) is 1. The number of hydrogen-bond acceptors (Lipinski definition) is 4. The second-order valence-electron chi connectivity index (χ2n) is 8.50.